The third-order valence-corrected chi connectivity index (χ3v) is 2.44. The topological polar surface area (TPSA) is 79.9 Å². The smallest absolute Gasteiger partial charge is 0.256 e. The summed E-state index contributed by atoms with van der Waals surface area (Å²) in [5.74, 6) is 0.135. The summed E-state index contributed by atoms with van der Waals surface area (Å²) in [6, 6.07) is 3.38. The number of H-pyrrole nitrogens is 1. The molecule has 0 atom stereocenters. The molecule has 0 unspecified atom stereocenters. The molecule has 94 valence electrons. The average Bonchev–Trinajstić information content (AvgIpc) is 2.91. The van der Waals surface area contributed by atoms with Gasteiger partial charge < -0.3 is 15.0 Å². The predicted molar refractivity (Wildman–Crippen MR) is 65.4 cm³/mol. The summed E-state index contributed by atoms with van der Waals surface area (Å²) in [5.41, 5.74) is 1.41. The molecule has 0 aromatic carbocycles. The van der Waals surface area contributed by atoms with Crippen molar-refractivity contribution < 1.29 is 9.53 Å². The number of pyridine rings is 1. The van der Waals surface area contributed by atoms with Gasteiger partial charge in [0.15, 0.2) is 0 Å². The van der Waals surface area contributed by atoms with Gasteiger partial charge in [0, 0.05) is 31.1 Å². The van der Waals surface area contributed by atoms with Crippen molar-refractivity contribution >= 4 is 5.91 Å². The van der Waals surface area contributed by atoms with E-state index in [0.29, 0.717) is 24.4 Å². The van der Waals surface area contributed by atoms with E-state index in [4.69, 9.17) is 4.74 Å². The molecule has 6 heteroatoms. The van der Waals surface area contributed by atoms with Crippen LogP contribution in [0.15, 0.2) is 30.9 Å². The van der Waals surface area contributed by atoms with Gasteiger partial charge in [0.1, 0.15) is 5.56 Å². The van der Waals surface area contributed by atoms with Gasteiger partial charge in [-0.15, -0.1) is 0 Å². The number of aromatic amines is 1. The molecule has 18 heavy (non-hydrogen) atoms. The third kappa shape index (κ3) is 2.85. The Hall–Kier alpha value is -2.37. The fraction of sp³-hybridized carbons (Fsp3) is 0.250. The fourth-order valence-electron chi connectivity index (χ4n) is 1.55. The van der Waals surface area contributed by atoms with Crippen LogP contribution in [0.3, 0.4) is 0 Å². The summed E-state index contributed by atoms with van der Waals surface area (Å²) in [6.45, 7) is 0.527. The Labute approximate surface area is 104 Å². The highest BCUT2D eigenvalue weighted by Gasteiger charge is 2.11. The van der Waals surface area contributed by atoms with Crippen LogP contribution in [0, 0.1) is 0 Å². The zero-order chi connectivity index (χ0) is 12.8. The Kier molecular flexibility index (Phi) is 3.90. The molecule has 6 nitrogen and oxygen atoms in total. The van der Waals surface area contributed by atoms with Gasteiger partial charge in [0.05, 0.1) is 13.4 Å². The second-order valence-corrected chi connectivity index (χ2v) is 3.64. The lowest BCUT2D eigenvalue weighted by atomic mass is 10.2. The molecule has 0 aliphatic heterocycles. The molecule has 0 aliphatic carbocycles. The number of rotatable bonds is 5. The van der Waals surface area contributed by atoms with E-state index in [-0.39, 0.29) is 5.91 Å². The molecule has 0 aliphatic rings. The fourth-order valence-corrected chi connectivity index (χ4v) is 1.55. The molecule has 1 amide bonds. The van der Waals surface area contributed by atoms with E-state index in [0.717, 1.165) is 5.69 Å². The molecule has 2 N–H and O–H groups in total. The van der Waals surface area contributed by atoms with Crippen LogP contribution in [0.2, 0.25) is 0 Å². The largest absolute Gasteiger partial charge is 0.480 e. The number of amides is 1. The molecule has 2 aromatic rings. The van der Waals surface area contributed by atoms with Gasteiger partial charge in [0.2, 0.25) is 5.88 Å². The first kappa shape index (κ1) is 12.1. The molecular formula is C12H14N4O2. The second-order valence-electron chi connectivity index (χ2n) is 3.64. The highest BCUT2D eigenvalue weighted by Crippen LogP contribution is 2.12. The molecule has 0 spiro atoms. The average molecular weight is 246 g/mol. The van der Waals surface area contributed by atoms with E-state index >= 15 is 0 Å². The zero-order valence-electron chi connectivity index (χ0n) is 10.0. The van der Waals surface area contributed by atoms with Crippen molar-refractivity contribution in [1.82, 2.24) is 20.3 Å². The Morgan fingerprint density at radius 2 is 2.44 bits per heavy atom. The van der Waals surface area contributed by atoms with Gasteiger partial charge in [-0.25, -0.2) is 9.97 Å². The van der Waals surface area contributed by atoms with Crippen LogP contribution in [0.25, 0.3) is 0 Å². The van der Waals surface area contributed by atoms with Crippen molar-refractivity contribution in [3.63, 3.8) is 0 Å². The molecular weight excluding hydrogens is 232 g/mol. The number of methoxy groups -OCH3 is 1. The number of nitrogens with one attached hydrogen (secondary N) is 2. The van der Waals surface area contributed by atoms with Gasteiger partial charge in [-0.2, -0.15) is 0 Å². The van der Waals surface area contributed by atoms with Crippen molar-refractivity contribution in [1.29, 1.82) is 0 Å². The van der Waals surface area contributed by atoms with Gasteiger partial charge in [-0.05, 0) is 12.1 Å². The van der Waals surface area contributed by atoms with Crippen molar-refractivity contribution in [2.75, 3.05) is 13.7 Å². The summed E-state index contributed by atoms with van der Waals surface area (Å²) >= 11 is 0. The normalized spacial score (nSPS) is 10.1. The molecule has 0 fully saturated rings. The summed E-state index contributed by atoms with van der Waals surface area (Å²) in [4.78, 5) is 22.8. The second kappa shape index (κ2) is 5.81. The van der Waals surface area contributed by atoms with Crippen LogP contribution in [-0.4, -0.2) is 34.5 Å². The number of aromatic nitrogens is 3. The maximum Gasteiger partial charge on any atom is 0.256 e. The van der Waals surface area contributed by atoms with E-state index in [1.165, 1.54) is 7.11 Å². The highest BCUT2D eigenvalue weighted by atomic mass is 16.5. The van der Waals surface area contributed by atoms with E-state index in [1.807, 2.05) is 0 Å². The van der Waals surface area contributed by atoms with Gasteiger partial charge in [0.25, 0.3) is 5.91 Å². The lowest BCUT2D eigenvalue weighted by Gasteiger charge is -2.07. The van der Waals surface area contributed by atoms with Crippen LogP contribution in [0.5, 0.6) is 5.88 Å². The molecule has 0 saturated heterocycles. The Bertz CT molecular complexity index is 511. The van der Waals surface area contributed by atoms with Crippen molar-refractivity contribution in [2.45, 2.75) is 6.42 Å². The Balaban J connectivity index is 1.91. The summed E-state index contributed by atoms with van der Waals surface area (Å²) in [6.07, 6.45) is 5.63. The minimum absolute atomic E-state index is 0.195. The minimum Gasteiger partial charge on any atom is -0.480 e. The zero-order valence-corrected chi connectivity index (χ0v) is 10.0. The summed E-state index contributed by atoms with van der Waals surface area (Å²) in [5, 5.41) is 2.81. The molecule has 2 aromatic heterocycles. The van der Waals surface area contributed by atoms with E-state index in [9.17, 15) is 4.79 Å². The standard InChI is InChI=1S/C12H14N4O2/c1-18-12-10(3-2-5-15-12)11(17)14-6-4-9-7-13-8-16-9/h2-3,5,7-8H,4,6H2,1H3,(H,13,16)(H,14,17). The van der Waals surface area contributed by atoms with E-state index < -0.39 is 0 Å². The number of carbonyl (C=O) groups is 1. The molecule has 2 rings (SSSR count). The molecule has 2 heterocycles. The summed E-state index contributed by atoms with van der Waals surface area (Å²) in [7, 11) is 1.49. The number of imidazole rings is 1. The van der Waals surface area contributed by atoms with Crippen LogP contribution < -0.4 is 10.1 Å². The molecule has 0 radical (unpaired) electrons. The van der Waals surface area contributed by atoms with Crippen molar-refractivity contribution in [3.8, 4) is 5.88 Å². The molecule has 0 bridgehead atoms. The molecule has 0 saturated carbocycles. The third-order valence-electron chi connectivity index (χ3n) is 2.44. The van der Waals surface area contributed by atoms with E-state index in [1.54, 1.807) is 30.9 Å². The van der Waals surface area contributed by atoms with E-state index in [2.05, 4.69) is 20.3 Å². The number of ether oxygens (including phenoxy) is 1. The first-order chi connectivity index (χ1) is 8.81. The Morgan fingerprint density at radius 1 is 1.56 bits per heavy atom. The summed E-state index contributed by atoms with van der Waals surface area (Å²) < 4.78 is 5.03. The number of nitrogens with zero attached hydrogens (tertiary/aromatic N) is 2. The minimum atomic E-state index is -0.195. The maximum atomic E-state index is 11.9. The lowest BCUT2D eigenvalue weighted by molar-refractivity contribution is 0.0950. The van der Waals surface area contributed by atoms with Crippen LogP contribution in [0.1, 0.15) is 16.1 Å². The van der Waals surface area contributed by atoms with Crippen molar-refractivity contribution in [2.24, 2.45) is 0 Å². The van der Waals surface area contributed by atoms with Crippen molar-refractivity contribution in [3.05, 3.63) is 42.1 Å². The van der Waals surface area contributed by atoms with Gasteiger partial charge >= 0.3 is 0 Å². The van der Waals surface area contributed by atoms with Crippen LogP contribution in [0.4, 0.5) is 0 Å². The SMILES string of the molecule is COc1ncccc1C(=O)NCCc1cnc[nH]1. The van der Waals surface area contributed by atoms with Crippen LogP contribution in [-0.2, 0) is 6.42 Å². The van der Waals surface area contributed by atoms with Gasteiger partial charge in [-0.3, -0.25) is 4.79 Å². The number of carbonyl (C=O) groups excluding carboxylic acids is 1. The first-order valence-electron chi connectivity index (χ1n) is 5.55. The Morgan fingerprint density at radius 3 is 3.17 bits per heavy atom. The first-order valence-corrected chi connectivity index (χ1v) is 5.55. The predicted octanol–water partition coefficient (Wildman–Crippen LogP) is 0.786. The monoisotopic (exact) mass is 246 g/mol. The quantitative estimate of drug-likeness (QED) is 0.817. The van der Waals surface area contributed by atoms with Crippen LogP contribution >= 0.6 is 0 Å². The highest BCUT2D eigenvalue weighted by molar-refractivity contribution is 5.96. The van der Waals surface area contributed by atoms with Gasteiger partial charge in [-0.1, -0.05) is 0 Å². The lowest BCUT2D eigenvalue weighted by Crippen LogP contribution is -2.26. The number of hydrogen-bond acceptors (Lipinski definition) is 4. The number of hydrogen-bond donors (Lipinski definition) is 2. The maximum absolute atomic E-state index is 11.9.